The van der Waals surface area contributed by atoms with Crippen molar-refractivity contribution in [1.82, 2.24) is 0 Å². The second-order valence-electron chi connectivity index (χ2n) is 3.08. The minimum atomic E-state index is -5.68. The van der Waals surface area contributed by atoms with Crippen LogP contribution in [0, 0.1) is 6.92 Å². The van der Waals surface area contributed by atoms with Crippen molar-refractivity contribution in [2.45, 2.75) is 12.1 Å². The predicted octanol–water partition coefficient (Wildman–Crippen LogP) is 3.36. The predicted molar refractivity (Wildman–Crippen MR) is 46.1 cm³/mol. The average molecular weight is 237 g/mol. The van der Waals surface area contributed by atoms with Crippen LogP contribution in [-0.4, -0.2) is 12.0 Å². The number of hydrogen-bond donors (Lipinski definition) is 0. The van der Waals surface area contributed by atoms with Crippen molar-refractivity contribution in [3.8, 4) is 0 Å². The highest BCUT2D eigenvalue weighted by Crippen LogP contribution is 2.43. The molecule has 16 heavy (non-hydrogen) atoms. The fourth-order valence-corrected chi connectivity index (χ4v) is 1.05. The van der Waals surface area contributed by atoms with Crippen molar-refractivity contribution < 1.29 is 26.7 Å². The van der Waals surface area contributed by atoms with Crippen molar-refractivity contribution in [1.29, 1.82) is 0 Å². The quantitative estimate of drug-likeness (QED) is 0.569. The Morgan fingerprint density at radius 1 is 1.12 bits per heavy atom. The minimum absolute atomic E-state index is 0.290. The number of Topliss-reactive ketones (excluding diaryl/α,β-unsaturated/α-hetero) is 1. The van der Waals surface area contributed by atoms with Gasteiger partial charge in [-0.3, -0.25) is 4.79 Å². The van der Waals surface area contributed by atoms with Gasteiger partial charge in [-0.05, 0) is 6.07 Å². The first kappa shape index (κ1) is 12.6. The Balaban J connectivity index is 3.24. The normalized spacial score (nSPS) is 12.6. The van der Waals surface area contributed by atoms with E-state index in [1.165, 1.54) is 0 Å². The van der Waals surface area contributed by atoms with Crippen LogP contribution in [0.15, 0.2) is 24.3 Å². The van der Waals surface area contributed by atoms with Gasteiger partial charge in [0.05, 0.1) is 0 Å². The smallest absolute Gasteiger partial charge is 0.294 e. The third-order valence-corrected chi connectivity index (χ3v) is 1.90. The molecule has 1 rings (SSSR count). The van der Waals surface area contributed by atoms with Gasteiger partial charge < -0.3 is 0 Å². The van der Waals surface area contributed by atoms with E-state index in [1.54, 1.807) is 0 Å². The van der Waals surface area contributed by atoms with Crippen LogP contribution in [0.25, 0.3) is 0 Å². The number of alkyl halides is 5. The van der Waals surface area contributed by atoms with Gasteiger partial charge in [-0.15, -0.1) is 0 Å². The largest absolute Gasteiger partial charge is 0.458 e. The lowest BCUT2D eigenvalue weighted by molar-refractivity contribution is -0.289. The van der Waals surface area contributed by atoms with Gasteiger partial charge in [0, 0.05) is 18.1 Å². The molecule has 0 fully saturated rings. The zero-order valence-electron chi connectivity index (χ0n) is 7.81. The summed E-state index contributed by atoms with van der Waals surface area (Å²) >= 11 is 0. The molecule has 0 saturated heterocycles. The number of benzene rings is 1. The summed E-state index contributed by atoms with van der Waals surface area (Å²) in [5.41, 5.74) is -1.56. The molecule has 0 atom stereocenters. The number of carbonyl (C=O) groups excluding carboxylic acids is 1. The molecule has 1 radical (unpaired) electrons. The number of halogens is 5. The molecule has 0 saturated carbocycles. The lowest BCUT2D eigenvalue weighted by Gasteiger charge is -2.20. The molecule has 0 heterocycles. The Morgan fingerprint density at radius 2 is 1.69 bits per heavy atom. The number of ketones is 1. The molecule has 6 heteroatoms. The lowest BCUT2D eigenvalue weighted by atomic mass is 10.0. The number of rotatable bonds is 2. The van der Waals surface area contributed by atoms with E-state index in [0.29, 0.717) is 12.1 Å². The summed E-state index contributed by atoms with van der Waals surface area (Å²) in [6.45, 7) is 2.93. The zero-order chi connectivity index (χ0) is 12.6. The second kappa shape index (κ2) is 3.84. The summed E-state index contributed by atoms with van der Waals surface area (Å²) in [6, 6.07) is 3.17. The van der Waals surface area contributed by atoms with E-state index in [0.717, 1.165) is 12.1 Å². The van der Waals surface area contributed by atoms with Crippen LogP contribution in [0.5, 0.6) is 0 Å². The van der Waals surface area contributed by atoms with E-state index in [9.17, 15) is 26.7 Å². The number of carbonyl (C=O) groups is 1. The Hall–Kier alpha value is -1.46. The molecule has 0 aliphatic carbocycles. The maximum atomic E-state index is 12.8. The van der Waals surface area contributed by atoms with Crippen LogP contribution in [0.4, 0.5) is 22.0 Å². The summed E-state index contributed by atoms with van der Waals surface area (Å²) in [5.74, 6) is -5.79. The molecule has 1 aromatic carbocycles. The molecule has 0 aliphatic heterocycles. The van der Waals surface area contributed by atoms with E-state index >= 15 is 0 Å². The van der Waals surface area contributed by atoms with Gasteiger partial charge in [-0.2, -0.15) is 22.0 Å². The summed E-state index contributed by atoms with van der Waals surface area (Å²) in [4.78, 5) is 10.7. The van der Waals surface area contributed by atoms with Crippen LogP contribution in [-0.2, 0) is 5.92 Å². The van der Waals surface area contributed by atoms with Crippen LogP contribution >= 0.6 is 0 Å². The molecule has 1 aromatic rings. The number of hydrogen-bond acceptors (Lipinski definition) is 1. The minimum Gasteiger partial charge on any atom is -0.294 e. The van der Waals surface area contributed by atoms with E-state index in [1.807, 2.05) is 0 Å². The molecule has 0 spiro atoms. The standard InChI is InChI=1S/C10H6F5O/c1-6(16)7-3-2-4-8(5-7)9(11,12)10(13,14)15/h2-5H,1H2. The van der Waals surface area contributed by atoms with Crippen LogP contribution in [0.1, 0.15) is 15.9 Å². The summed E-state index contributed by atoms with van der Waals surface area (Å²) in [6.07, 6.45) is -5.68. The van der Waals surface area contributed by atoms with Crippen LogP contribution in [0.2, 0.25) is 0 Å². The fourth-order valence-electron chi connectivity index (χ4n) is 1.05. The van der Waals surface area contributed by atoms with Crippen molar-refractivity contribution in [3.05, 3.63) is 42.3 Å². The maximum absolute atomic E-state index is 12.8. The molecule has 0 aromatic heterocycles. The highest BCUT2D eigenvalue weighted by Gasteiger charge is 2.58. The summed E-state index contributed by atoms with van der Waals surface area (Å²) in [5, 5.41) is 0. The van der Waals surface area contributed by atoms with Gasteiger partial charge >= 0.3 is 12.1 Å². The summed E-state index contributed by atoms with van der Waals surface area (Å²) < 4.78 is 61.7. The Kier molecular flexibility index (Phi) is 3.03. The highest BCUT2D eigenvalue weighted by molar-refractivity contribution is 5.99. The Labute approximate surface area is 87.9 Å². The molecule has 0 amide bonds. The molecule has 0 bridgehead atoms. The average Bonchev–Trinajstić information content (AvgIpc) is 2.16. The van der Waals surface area contributed by atoms with E-state index in [2.05, 4.69) is 6.92 Å². The van der Waals surface area contributed by atoms with Gasteiger partial charge in [0.1, 0.15) is 0 Å². The zero-order valence-corrected chi connectivity index (χ0v) is 7.81. The SMILES string of the molecule is [CH2]C(=O)c1cccc(C(F)(F)C(F)(F)F)c1. The van der Waals surface area contributed by atoms with Crippen molar-refractivity contribution in [3.63, 3.8) is 0 Å². The molecule has 0 unspecified atom stereocenters. The molecule has 0 N–H and O–H groups in total. The lowest BCUT2D eigenvalue weighted by Crippen LogP contribution is -2.33. The third kappa shape index (κ3) is 2.20. The monoisotopic (exact) mass is 237 g/mol. The van der Waals surface area contributed by atoms with Crippen LogP contribution < -0.4 is 0 Å². The van der Waals surface area contributed by atoms with Crippen LogP contribution in [0.3, 0.4) is 0 Å². The van der Waals surface area contributed by atoms with Gasteiger partial charge in [0.15, 0.2) is 5.78 Å². The van der Waals surface area contributed by atoms with Crippen molar-refractivity contribution >= 4 is 5.78 Å². The van der Waals surface area contributed by atoms with Gasteiger partial charge in [0.25, 0.3) is 0 Å². The van der Waals surface area contributed by atoms with E-state index < -0.39 is 23.4 Å². The molecule has 0 aliphatic rings. The van der Waals surface area contributed by atoms with Crippen molar-refractivity contribution in [2.24, 2.45) is 0 Å². The fraction of sp³-hybridized carbons (Fsp3) is 0.200. The van der Waals surface area contributed by atoms with E-state index in [4.69, 9.17) is 0 Å². The van der Waals surface area contributed by atoms with Gasteiger partial charge in [-0.1, -0.05) is 18.2 Å². The Morgan fingerprint density at radius 3 is 2.12 bits per heavy atom. The maximum Gasteiger partial charge on any atom is 0.458 e. The molecular formula is C10H6F5O. The summed E-state index contributed by atoms with van der Waals surface area (Å²) in [7, 11) is 0. The molecular weight excluding hydrogens is 231 g/mol. The first-order valence-corrected chi connectivity index (χ1v) is 4.07. The molecule has 87 valence electrons. The Bertz CT molecular complexity index is 408. The van der Waals surface area contributed by atoms with Crippen molar-refractivity contribution in [2.75, 3.05) is 0 Å². The molecule has 1 nitrogen and oxygen atoms in total. The first-order valence-electron chi connectivity index (χ1n) is 4.07. The van der Waals surface area contributed by atoms with Gasteiger partial charge in [-0.25, -0.2) is 0 Å². The highest BCUT2D eigenvalue weighted by atomic mass is 19.4. The first-order chi connectivity index (χ1) is 7.16. The topological polar surface area (TPSA) is 17.1 Å². The third-order valence-electron chi connectivity index (χ3n) is 1.90. The van der Waals surface area contributed by atoms with Gasteiger partial charge in [0.2, 0.25) is 0 Å². The second-order valence-corrected chi connectivity index (χ2v) is 3.08. The van der Waals surface area contributed by atoms with E-state index in [-0.39, 0.29) is 5.56 Å².